The summed E-state index contributed by atoms with van der Waals surface area (Å²) in [5.41, 5.74) is 0. The minimum atomic E-state index is -0.303. The SMILES string of the molecule is CCCN1CCN(C(=O)C(C)OC)CC1. The van der Waals surface area contributed by atoms with Crippen LogP contribution in [0, 0.1) is 0 Å². The van der Waals surface area contributed by atoms with E-state index < -0.39 is 0 Å². The summed E-state index contributed by atoms with van der Waals surface area (Å²) in [5.74, 6) is 0.119. The van der Waals surface area contributed by atoms with E-state index in [0.29, 0.717) is 0 Å². The fourth-order valence-corrected chi connectivity index (χ4v) is 1.87. The van der Waals surface area contributed by atoms with E-state index in [0.717, 1.165) is 32.7 Å². The lowest BCUT2D eigenvalue weighted by atomic mass is 10.2. The molecule has 1 aliphatic rings. The molecule has 1 aliphatic heterocycles. The first kappa shape index (κ1) is 12.5. The molecule has 0 radical (unpaired) electrons. The van der Waals surface area contributed by atoms with Gasteiger partial charge in [-0.1, -0.05) is 6.92 Å². The van der Waals surface area contributed by atoms with Crippen LogP contribution >= 0.6 is 0 Å². The Morgan fingerprint density at radius 2 is 1.93 bits per heavy atom. The van der Waals surface area contributed by atoms with Crippen LogP contribution < -0.4 is 0 Å². The van der Waals surface area contributed by atoms with Crippen LogP contribution in [0.25, 0.3) is 0 Å². The number of rotatable bonds is 4. The van der Waals surface area contributed by atoms with Crippen molar-refractivity contribution >= 4 is 5.91 Å². The van der Waals surface area contributed by atoms with E-state index in [1.807, 2.05) is 4.90 Å². The lowest BCUT2D eigenvalue weighted by molar-refractivity contribution is -0.142. The van der Waals surface area contributed by atoms with E-state index in [4.69, 9.17) is 4.74 Å². The van der Waals surface area contributed by atoms with Gasteiger partial charge in [-0.25, -0.2) is 0 Å². The van der Waals surface area contributed by atoms with Gasteiger partial charge in [0.05, 0.1) is 0 Å². The molecule has 1 atom stereocenters. The van der Waals surface area contributed by atoms with Crippen molar-refractivity contribution in [1.29, 1.82) is 0 Å². The van der Waals surface area contributed by atoms with Gasteiger partial charge in [-0.3, -0.25) is 9.69 Å². The average molecular weight is 214 g/mol. The topological polar surface area (TPSA) is 32.8 Å². The predicted octanol–water partition coefficient (Wildman–Crippen LogP) is 0.575. The Labute approximate surface area is 92.2 Å². The molecule has 0 aromatic heterocycles. The van der Waals surface area contributed by atoms with Gasteiger partial charge in [0.1, 0.15) is 6.10 Å². The van der Waals surface area contributed by atoms with E-state index in [9.17, 15) is 4.79 Å². The molecule has 15 heavy (non-hydrogen) atoms. The van der Waals surface area contributed by atoms with Crippen LogP contribution in [-0.4, -0.2) is 61.6 Å². The smallest absolute Gasteiger partial charge is 0.251 e. The number of nitrogens with zero attached hydrogens (tertiary/aromatic N) is 2. The minimum Gasteiger partial charge on any atom is -0.372 e. The molecule has 1 fully saturated rings. The maximum atomic E-state index is 11.8. The Morgan fingerprint density at radius 3 is 2.40 bits per heavy atom. The molecule has 0 spiro atoms. The summed E-state index contributed by atoms with van der Waals surface area (Å²) in [6.07, 6.45) is 0.880. The molecular formula is C11H22N2O2. The van der Waals surface area contributed by atoms with Gasteiger partial charge in [0.25, 0.3) is 5.91 Å². The zero-order chi connectivity index (χ0) is 11.3. The number of ether oxygens (including phenoxy) is 1. The molecule has 0 saturated carbocycles. The number of methoxy groups -OCH3 is 1. The molecular weight excluding hydrogens is 192 g/mol. The summed E-state index contributed by atoms with van der Waals surface area (Å²) in [7, 11) is 1.58. The summed E-state index contributed by atoms with van der Waals surface area (Å²) in [6, 6.07) is 0. The standard InChI is InChI=1S/C11H22N2O2/c1-4-5-12-6-8-13(9-7-12)11(14)10(2)15-3/h10H,4-9H2,1-3H3. The summed E-state index contributed by atoms with van der Waals surface area (Å²) >= 11 is 0. The lowest BCUT2D eigenvalue weighted by Gasteiger charge is -2.35. The molecule has 1 saturated heterocycles. The second kappa shape index (κ2) is 6.08. The first-order chi connectivity index (χ1) is 7.19. The van der Waals surface area contributed by atoms with Gasteiger partial charge in [-0.2, -0.15) is 0 Å². The van der Waals surface area contributed by atoms with Crippen LogP contribution in [0.5, 0.6) is 0 Å². The number of hydrogen-bond donors (Lipinski definition) is 0. The number of carbonyl (C=O) groups excluding carboxylic acids is 1. The monoisotopic (exact) mass is 214 g/mol. The quantitative estimate of drug-likeness (QED) is 0.686. The Balaban J connectivity index is 2.33. The third-order valence-electron chi connectivity index (χ3n) is 2.93. The number of carbonyl (C=O) groups is 1. The lowest BCUT2D eigenvalue weighted by Crippen LogP contribution is -2.51. The molecule has 0 bridgehead atoms. The number of hydrogen-bond acceptors (Lipinski definition) is 3. The first-order valence-corrected chi connectivity index (χ1v) is 5.73. The molecule has 88 valence electrons. The third-order valence-corrected chi connectivity index (χ3v) is 2.93. The van der Waals surface area contributed by atoms with Crippen molar-refractivity contribution in [3.8, 4) is 0 Å². The average Bonchev–Trinajstić information content (AvgIpc) is 2.28. The Kier molecular flexibility index (Phi) is 5.05. The number of piperazine rings is 1. The van der Waals surface area contributed by atoms with E-state index in [1.54, 1.807) is 14.0 Å². The fourth-order valence-electron chi connectivity index (χ4n) is 1.87. The van der Waals surface area contributed by atoms with Crippen LogP contribution in [0.4, 0.5) is 0 Å². The van der Waals surface area contributed by atoms with Crippen molar-refractivity contribution < 1.29 is 9.53 Å². The van der Waals surface area contributed by atoms with Crippen LogP contribution in [0.15, 0.2) is 0 Å². The van der Waals surface area contributed by atoms with E-state index >= 15 is 0 Å². The zero-order valence-electron chi connectivity index (χ0n) is 10.0. The number of amides is 1. The molecule has 1 amide bonds. The molecule has 1 rings (SSSR count). The highest BCUT2D eigenvalue weighted by Crippen LogP contribution is 2.05. The van der Waals surface area contributed by atoms with Crippen molar-refractivity contribution in [2.75, 3.05) is 39.8 Å². The molecule has 0 aromatic rings. The van der Waals surface area contributed by atoms with Crippen molar-refractivity contribution in [3.05, 3.63) is 0 Å². The minimum absolute atomic E-state index is 0.119. The highest BCUT2D eigenvalue weighted by atomic mass is 16.5. The van der Waals surface area contributed by atoms with Crippen molar-refractivity contribution in [3.63, 3.8) is 0 Å². The van der Waals surface area contributed by atoms with Gasteiger partial charge in [0, 0.05) is 33.3 Å². The van der Waals surface area contributed by atoms with Crippen LogP contribution in [0.3, 0.4) is 0 Å². The zero-order valence-corrected chi connectivity index (χ0v) is 10.0. The highest BCUT2D eigenvalue weighted by molar-refractivity contribution is 5.80. The van der Waals surface area contributed by atoms with E-state index in [-0.39, 0.29) is 12.0 Å². The van der Waals surface area contributed by atoms with Gasteiger partial charge in [0.2, 0.25) is 0 Å². The summed E-state index contributed by atoms with van der Waals surface area (Å²) in [6.45, 7) is 8.80. The fraction of sp³-hybridized carbons (Fsp3) is 0.909. The Hall–Kier alpha value is -0.610. The second-order valence-corrected chi connectivity index (χ2v) is 4.04. The molecule has 1 unspecified atom stereocenters. The largest absolute Gasteiger partial charge is 0.372 e. The van der Waals surface area contributed by atoms with Gasteiger partial charge < -0.3 is 9.64 Å². The van der Waals surface area contributed by atoms with Crippen molar-refractivity contribution in [2.24, 2.45) is 0 Å². The maximum Gasteiger partial charge on any atom is 0.251 e. The van der Waals surface area contributed by atoms with Crippen molar-refractivity contribution in [2.45, 2.75) is 26.4 Å². The molecule has 0 aliphatic carbocycles. The highest BCUT2D eigenvalue weighted by Gasteiger charge is 2.24. The van der Waals surface area contributed by atoms with Crippen LogP contribution in [-0.2, 0) is 9.53 Å². The van der Waals surface area contributed by atoms with Gasteiger partial charge >= 0.3 is 0 Å². The van der Waals surface area contributed by atoms with Crippen LogP contribution in [0.1, 0.15) is 20.3 Å². The van der Waals surface area contributed by atoms with Gasteiger partial charge in [0.15, 0.2) is 0 Å². The molecule has 0 N–H and O–H groups in total. The van der Waals surface area contributed by atoms with Crippen LogP contribution in [0.2, 0.25) is 0 Å². The third kappa shape index (κ3) is 3.47. The molecule has 1 heterocycles. The van der Waals surface area contributed by atoms with E-state index in [2.05, 4.69) is 11.8 Å². The molecule has 4 nitrogen and oxygen atoms in total. The predicted molar refractivity (Wildman–Crippen MR) is 59.8 cm³/mol. The summed E-state index contributed by atoms with van der Waals surface area (Å²) in [4.78, 5) is 16.1. The van der Waals surface area contributed by atoms with E-state index in [1.165, 1.54) is 6.42 Å². The molecule has 4 heteroatoms. The normalized spacial score (nSPS) is 20.3. The Bertz CT molecular complexity index is 201. The molecule has 0 aromatic carbocycles. The summed E-state index contributed by atoms with van der Waals surface area (Å²) < 4.78 is 5.03. The van der Waals surface area contributed by atoms with Crippen molar-refractivity contribution in [1.82, 2.24) is 9.80 Å². The maximum absolute atomic E-state index is 11.8. The van der Waals surface area contributed by atoms with Gasteiger partial charge in [-0.05, 0) is 19.9 Å². The second-order valence-electron chi connectivity index (χ2n) is 4.04. The Morgan fingerprint density at radius 1 is 1.33 bits per heavy atom. The van der Waals surface area contributed by atoms with Gasteiger partial charge in [-0.15, -0.1) is 0 Å². The summed E-state index contributed by atoms with van der Waals surface area (Å²) in [5, 5.41) is 0. The first-order valence-electron chi connectivity index (χ1n) is 5.73.